The number of rotatable bonds is 5. The van der Waals surface area contributed by atoms with Crippen LogP contribution in [0.1, 0.15) is 43.7 Å². The Kier molecular flexibility index (Phi) is 4.79. The highest BCUT2D eigenvalue weighted by atomic mass is 16.3. The minimum absolute atomic E-state index is 0.0860. The van der Waals surface area contributed by atoms with Gasteiger partial charge in [-0.15, -0.1) is 0 Å². The Morgan fingerprint density at radius 2 is 1.62 bits per heavy atom. The first-order valence-corrected chi connectivity index (χ1v) is 9.93. The van der Waals surface area contributed by atoms with E-state index in [9.17, 15) is 15.0 Å². The molecule has 0 spiro atoms. The van der Waals surface area contributed by atoms with Crippen LogP contribution in [-0.2, 0) is 10.2 Å². The highest BCUT2D eigenvalue weighted by Crippen LogP contribution is 2.50. The molecule has 29 heavy (non-hydrogen) atoms. The van der Waals surface area contributed by atoms with E-state index in [1.807, 2.05) is 24.3 Å². The van der Waals surface area contributed by atoms with Gasteiger partial charge >= 0.3 is 0 Å². The number of carbonyl (C=O) groups is 1. The number of benzene rings is 3. The van der Waals surface area contributed by atoms with Gasteiger partial charge < -0.3 is 15.5 Å². The van der Waals surface area contributed by atoms with Gasteiger partial charge in [0.15, 0.2) is 11.5 Å². The van der Waals surface area contributed by atoms with Crippen LogP contribution in [0.2, 0.25) is 0 Å². The maximum absolute atomic E-state index is 12.9. The van der Waals surface area contributed by atoms with Crippen LogP contribution < -0.4 is 5.32 Å². The molecule has 1 fully saturated rings. The molecule has 1 aliphatic rings. The normalized spacial score (nSPS) is 14.6. The summed E-state index contributed by atoms with van der Waals surface area (Å²) in [5, 5.41) is 22.3. The number of hydrogen-bond donors (Lipinski definition) is 3. The first-order valence-electron chi connectivity index (χ1n) is 9.93. The van der Waals surface area contributed by atoms with Gasteiger partial charge in [0.25, 0.3) is 0 Å². The fourth-order valence-electron chi connectivity index (χ4n) is 3.67. The summed E-state index contributed by atoms with van der Waals surface area (Å²) in [4.78, 5) is 12.9. The van der Waals surface area contributed by atoms with Crippen molar-refractivity contribution in [1.82, 2.24) is 0 Å². The Morgan fingerprint density at radius 1 is 0.897 bits per heavy atom. The van der Waals surface area contributed by atoms with Crippen molar-refractivity contribution in [2.45, 2.75) is 38.0 Å². The summed E-state index contributed by atoms with van der Waals surface area (Å²) >= 11 is 0. The minimum Gasteiger partial charge on any atom is -0.504 e. The molecule has 4 heteroatoms. The lowest BCUT2D eigenvalue weighted by Crippen LogP contribution is -2.27. The number of hydrogen-bond acceptors (Lipinski definition) is 3. The van der Waals surface area contributed by atoms with Crippen molar-refractivity contribution in [3.63, 3.8) is 0 Å². The SMILES string of the molecule is CC(C)c1cccc(-c2ccc(NC(=O)C3(c4ccc(O)c(O)c4)CC3)cc2)c1. The largest absolute Gasteiger partial charge is 0.504 e. The molecule has 0 aliphatic heterocycles. The van der Waals surface area contributed by atoms with Gasteiger partial charge in [0.05, 0.1) is 5.41 Å². The van der Waals surface area contributed by atoms with Gasteiger partial charge in [-0.05, 0) is 65.3 Å². The molecule has 0 bridgehead atoms. The van der Waals surface area contributed by atoms with Gasteiger partial charge in [-0.1, -0.05) is 56.3 Å². The van der Waals surface area contributed by atoms with E-state index >= 15 is 0 Å². The first-order chi connectivity index (χ1) is 13.9. The third kappa shape index (κ3) is 3.70. The molecule has 3 aromatic rings. The molecule has 3 N–H and O–H groups in total. The summed E-state index contributed by atoms with van der Waals surface area (Å²) in [5.41, 5.74) is 4.41. The predicted octanol–water partition coefficient (Wildman–Crippen LogP) is 5.56. The van der Waals surface area contributed by atoms with Crippen molar-refractivity contribution in [2.24, 2.45) is 0 Å². The molecule has 148 valence electrons. The Morgan fingerprint density at radius 3 is 2.24 bits per heavy atom. The van der Waals surface area contributed by atoms with Crippen LogP contribution >= 0.6 is 0 Å². The second kappa shape index (κ2) is 7.28. The standard InChI is InChI=1S/C25H25NO3/c1-16(2)18-4-3-5-19(14-18)17-6-9-21(10-7-17)26-24(29)25(12-13-25)20-8-11-22(27)23(28)15-20/h3-11,14-16,27-28H,12-13H2,1-2H3,(H,26,29). The summed E-state index contributed by atoms with van der Waals surface area (Å²) in [7, 11) is 0. The van der Waals surface area contributed by atoms with Gasteiger partial charge in [0, 0.05) is 5.69 Å². The summed E-state index contributed by atoms with van der Waals surface area (Å²) in [6, 6.07) is 21.0. The smallest absolute Gasteiger partial charge is 0.235 e. The molecule has 4 rings (SSSR count). The molecular formula is C25H25NO3. The van der Waals surface area contributed by atoms with Gasteiger partial charge in [0.2, 0.25) is 5.91 Å². The Hall–Kier alpha value is -3.27. The molecular weight excluding hydrogens is 362 g/mol. The zero-order valence-corrected chi connectivity index (χ0v) is 16.6. The van der Waals surface area contributed by atoms with E-state index in [1.54, 1.807) is 6.07 Å². The zero-order valence-electron chi connectivity index (χ0n) is 16.6. The lowest BCUT2D eigenvalue weighted by atomic mass is 9.94. The highest BCUT2D eigenvalue weighted by molar-refractivity contribution is 6.01. The van der Waals surface area contributed by atoms with Crippen LogP contribution in [-0.4, -0.2) is 16.1 Å². The zero-order chi connectivity index (χ0) is 20.6. The van der Waals surface area contributed by atoms with Crippen LogP contribution in [0, 0.1) is 0 Å². The third-order valence-electron chi connectivity index (χ3n) is 5.74. The number of amides is 1. The number of phenolic OH excluding ortho intramolecular Hbond substituents is 2. The Bertz CT molecular complexity index is 1050. The van der Waals surface area contributed by atoms with E-state index in [1.165, 1.54) is 17.7 Å². The molecule has 1 aliphatic carbocycles. The maximum Gasteiger partial charge on any atom is 0.235 e. The maximum atomic E-state index is 12.9. The molecule has 4 nitrogen and oxygen atoms in total. The van der Waals surface area contributed by atoms with Crippen molar-refractivity contribution in [3.8, 4) is 22.6 Å². The Balaban J connectivity index is 1.51. The average Bonchev–Trinajstić information content (AvgIpc) is 3.53. The molecule has 1 amide bonds. The van der Waals surface area contributed by atoms with Gasteiger partial charge in [0.1, 0.15) is 0 Å². The third-order valence-corrected chi connectivity index (χ3v) is 5.74. The van der Waals surface area contributed by atoms with Crippen molar-refractivity contribution < 1.29 is 15.0 Å². The number of anilines is 1. The van der Waals surface area contributed by atoms with Crippen LogP contribution in [0.4, 0.5) is 5.69 Å². The van der Waals surface area contributed by atoms with Crippen molar-refractivity contribution in [2.75, 3.05) is 5.32 Å². The van der Waals surface area contributed by atoms with E-state index in [2.05, 4.69) is 43.4 Å². The Labute approximate surface area is 170 Å². The number of carbonyl (C=O) groups excluding carboxylic acids is 1. The fourth-order valence-corrected chi connectivity index (χ4v) is 3.67. The van der Waals surface area contributed by atoms with Crippen LogP contribution in [0.25, 0.3) is 11.1 Å². The summed E-state index contributed by atoms with van der Waals surface area (Å²) < 4.78 is 0. The highest BCUT2D eigenvalue weighted by Gasteiger charge is 2.51. The number of aromatic hydroxyl groups is 2. The summed E-state index contributed by atoms with van der Waals surface area (Å²) in [5.74, 6) is 0.0105. The number of phenols is 2. The molecule has 0 saturated heterocycles. The molecule has 0 radical (unpaired) electrons. The van der Waals surface area contributed by atoms with Gasteiger partial charge in [-0.2, -0.15) is 0 Å². The van der Waals surface area contributed by atoms with Crippen LogP contribution in [0.5, 0.6) is 11.5 Å². The topological polar surface area (TPSA) is 69.6 Å². The van der Waals surface area contributed by atoms with E-state index in [0.717, 1.165) is 35.2 Å². The lowest BCUT2D eigenvalue weighted by molar-refractivity contribution is -0.118. The molecule has 1 saturated carbocycles. The summed E-state index contributed by atoms with van der Waals surface area (Å²) in [6.07, 6.45) is 1.45. The minimum atomic E-state index is -0.630. The molecule has 0 aromatic heterocycles. The molecule has 0 heterocycles. The van der Waals surface area contributed by atoms with Crippen molar-refractivity contribution >= 4 is 11.6 Å². The monoisotopic (exact) mass is 387 g/mol. The van der Waals surface area contributed by atoms with E-state index in [-0.39, 0.29) is 17.4 Å². The molecule has 0 atom stereocenters. The fraction of sp³-hybridized carbons (Fsp3) is 0.240. The van der Waals surface area contributed by atoms with Crippen LogP contribution in [0.15, 0.2) is 66.7 Å². The number of nitrogens with one attached hydrogen (secondary N) is 1. The lowest BCUT2D eigenvalue weighted by Gasteiger charge is -2.17. The predicted molar refractivity (Wildman–Crippen MR) is 115 cm³/mol. The quantitative estimate of drug-likeness (QED) is 0.502. The van der Waals surface area contributed by atoms with Crippen LogP contribution in [0.3, 0.4) is 0 Å². The van der Waals surface area contributed by atoms with E-state index in [4.69, 9.17) is 0 Å². The van der Waals surface area contributed by atoms with E-state index in [0.29, 0.717) is 5.92 Å². The first kappa shape index (κ1) is 19.1. The average molecular weight is 387 g/mol. The second-order valence-electron chi connectivity index (χ2n) is 8.10. The van der Waals surface area contributed by atoms with Gasteiger partial charge in [-0.25, -0.2) is 0 Å². The van der Waals surface area contributed by atoms with Crippen molar-refractivity contribution in [3.05, 3.63) is 77.9 Å². The molecule has 0 unspecified atom stereocenters. The van der Waals surface area contributed by atoms with Crippen molar-refractivity contribution in [1.29, 1.82) is 0 Å². The molecule has 3 aromatic carbocycles. The van der Waals surface area contributed by atoms with Gasteiger partial charge in [-0.3, -0.25) is 4.79 Å². The second-order valence-corrected chi connectivity index (χ2v) is 8.10. The van der Waals surface area contributed by atoms with E-state index < -0.39 is 5.41 Å². The summed E-state index contributed by atoms with van der Waals surface area (Å²) in [6.45, 7) is 4.36.